The van der Waals surface area contributed by atoms with Crippen LogP contribution < -0.4 is 5.32 Å². The molecule has 0 saturated carbocycles. The van der Waals surface area contributed by atoms with Crippen molar-refractivity contribution in [1.82, 2.24) is 4.98 Å². The summed E-state index contributed by atoms with van der Waals surface area (Å²) in [7, 11) is 0. The molecule has 1 N–H and O–H groups in total. The van der Waals surface area contributed by atoms with Crippen molar-refractivity contribution in [1.29, 1.82) is 0 Å². The summed E-state index contributed by atoms with van der Waals surface area (Å²) in [5, 5.41) is 4.00. The first-order valence-electron chi connectivity index (χ1n) is 6.38. The van der Waals surface area contributed by atoms with Crippen LogP contribution in [0.5, 0.6) is 0 Å². The van der Waals surface area contributed by atoms with Crippen molar-refractivity contribution < 1.29 is 4.74 Å². The van der Waals surface area contributed by atoms with Gasteiger partial charge in [0, 0.05) is 23.3 Å². The van der Waals surface area contributed by atoms with Gasteiger partial charge in [0.05, 0.1) is 11.8 Å². The quantitative estimate of drug-likeness (QED) is 0.836. The fourth-order valence-corrected chi connectivity index (χ4v) is 2.77. The number of hydrogen-bond donors (Lipinski definition) is 1. The molecule has 2 atom stereocenters. The van der Waals surface area contributed by atoms with Crippen molar-refractivity contribution >= 4 is 33.2 Å². The maximum atomic E-state index is 6.09. The molecule has 0 bridgehead atoms. The Balaban J connectivity index is 1.98. The third kappa shape index (κ3) is 3.84. The molecule has 1 saturated heterocycles. The van der Waals surface area contributed by atoms with Gasteiger partial charge in [0.1, 0.15) is 0 Å². The van der Waals surface area contributed by atoms with Gasteiger partial charge < -0.3 is 10.1 Å². The Morgan fingerprint density at radius 2 is 2.44 bits per heavy atom. The van der Waals surface area contributed by atoms with Gasteiger partial charge in [-0.2, -0.15) is 0 Å². The normalized spacial score (nSPS) is 23.9. The van der Waals surface area contributed by atoms with Gasteiger partial charge in [-0.3, -0.25) is 0 Å². The summed E-state index contributed by atoms with van der Waals surface area (Å²) in [4.78, 5) is 4.12. The molecule has 1 fully saturated rings. The molecule has 1 aliphatic rings. The Labute approximate surface area is 121 Å². The van der Waals surface area contributed by atoms with E-state index in [0.717, 1.165) is 42.5 Å². The van der Waals surface area contributed by atoms with Gasteiger partial charge in [-0.1, -0.05) is 24.9 Å². The van der Waals surface area contributed by atoms with Crippen LogP contribution in [0.1, 0.15) is 32.6 Å². The minimum absolute atomic E-state index is 0.375. The first-order chi connectivity index (χ1) is 8.69. The van der Waals surface area contributed by atoms with E-state index >= 15 is 0 Å². The maximum Gasteiger partial charge on any atom is 0.152 e. The van der Waals surface area contributed by atoms with E-state index in [0.29, 0.717) is 17.3 Å². The average Bonchev–Trinajstić information content (AvgIpc) is 2.35. The summed E-state index contributed by atoms with van der Waals surface area (Å²) in [5.41, 5.74) is 0.896. The third-order valence-electron chi connectivity index (χ3n) is 3.14. The zero-order valence-electron chi connectivity index (χ0n) is 10.5. The molecule has 1 aromatic rings. The van der Waals surface area contributed by atoms with Crippen molar-refractivity contribution in [2.24, 2.45) is 0 Å². The van der Waals surface area contributed by atoms with Crippen LogP contribution in [0.2, 0.25) is 5.15 Å². The molecule has 0 aliphatic carbocycles. The van der Waals surface area contributed by atoms with Crippen LogP contribution in [0.25, 0.3) is 0 Å². The number of ether oxygens (including phenoxy) is 1. The number of nitrogens with one attached hydrogen (secondary N) is 1. The minimum atomic E-state index is 0.375. The van der Waals surface area contributed by atoms with Gasteiger partial charge in [0.25, 0.3) is 0 Å². The van der Waals surface area contributed by atoms with E-state index in [1.54, 1.807) is 6.20 Å². The van der Waals surface area contributed by atoms with E-state index in [1.807, 2.05) is 6.07 Å². The predicted molar refractivity (Wildman–Crippen MR) is 78.2 cm³/mol. The van der Waals surface area contributed by atoms with Crippen molar-refractivity contribution in [2.75, 3.05) is 11.9 Å². The van der Waals surface area contributed by atoms with Gasteiger partial charge in [0.2, 0.25) is 0 Å². The van der Waals surface area contributed by atoms with E-state index in [-0.39, 0.29) is 0 Å². The molecule has 0 radical (unpaired) electrons. The number of aromatic nitrogens is 1. The summed E-state index contributed by atoms with van der Waals surface area (Å²) in [6, 6.07) is 2.39. The highest BCUT2D eigenvalue weighted by Gasteiger charge is 2.22. The van der Waals surface area contributed by atoms with Gasteiger partial charge in [-0.25, -0.2) is 4.98 Å². The molecule has 1 aromatic heterocycles. The molecule has 0 spiro atoms. The highest BCUT2D eigenvalue weighted by Crippen LogP contribution is 2.27. The van der Waals surface area contributed by atoms with Crippen molar-refractivity contribution in [3.8, 4) is 0 Å². The Bertz CT molecular complexity index is 401. The lowest BCUT2D eigenvalue weighted by molar-refractivity contribution is 0.00597. The van der Waals surface area contributed by atoms with Crippen LogP contribution in [0.15, 0.2) is 16.7 Å². The van der Waals surface area contributed by atoms with Crippen LogP contribution in [-0.2, 0) is 4.74 Å². The average molecular weight is 334 g/mol. The Morgan fingerprint density at radius 3 is 3.22 bits per heavy atom. The lowest BCUT2D eigenvalue weighted by Crippen LogP contribution is -2.34. The molecule has 2 unspecified atom stereocenters. The number of anilines is 1. The van der Waals surface area contributed by atoms with E-state index in [4.69, 9.17) is 16.3 Å². The standard InChI is InChI=1S/C13H18BrClN2O/c1-2-3-11-7-10(4-5-18-11)17-12-6-9(14)8-16-13(12)15/h6,8,10-11,17H,2-5,7H2,1H3. The van der Waals surface area contributed by atoms with E-state index in [1.165, 1.54) is 0 Å². The molecule has 2 rings (SSSR count). The smallest absolute Gasteiger partial charge is 0.152 e. The second-order valence-electron chi connectivity index (χ2n) is 4.64. The van der Waals surface area contributed by atoms with Gasteiger partial charge in [0.15, 0.2) is 5.15 Å². The molecular weight excluding hydrogens is 316 g/mol. The van der Waals surface area contributed by atoms with Gasteiger partial charge >= 0.3 is 0 Å². The Kier molecular flexibility index (Phi) is 5.27. The number of hydrogen-bond acceptors (Lipinski definition) is 3. The summed E-state index contributed by atoms with van der Waals surface area (Å²) < 4.78 is 6.68. The zero-order chi connectivity index (χ0) is 13.0. The molecule has 1 aliphatic heterocycles. The molecule has 18 heavy (non-hydrogen) atoms. The lowest BCUT2D eigenvalue weighted by atomic mass is 10.00. The fraction of sp³-hybridized carbons (Fsp3) is 0.615. The minimum Gasteiger partial charge on any atom is -0.380 e. The summed E-state index contributed by atoms with van der Waals surface area (Å²) >= 11 is 9.50. The van der Waals surface area contributed by atoms with Crippen LogP contribution in [0, 0.1) is 0 Å². The summed E-state index contributed by atoms with van der Waals surface area (Å²) in [5.74, 6) is 0. The zero-order valence-corrected chi connectivity index (χ0v) is 12.8. The predicted octanol–water partition coefficient (Wildman–Crippen LogP) is 4.26. The largest absolute Gasteiger partial charge is 0.380 e. The Hall–Kier alpha value is -0.320. The third-order valence-corrected chi connectivity index (χ3v) is 3.88. The summed E-state index contributed by atoms with van der Waals surface area (Å²) in [6.07, 6.45) is 6.43. The SMILES string of the molecule is CCCC1CC(Nc2cc(Br)cnc2Cl)CCO1. The van der Waals surface area contributed by atoms with Crippen LogP contribution in [-0.4, -0.2) is 23.7 Å². The monoisotopic (exact) mass is 332 g/mol. The van der Waals surface area contributed by atoms with E-state index < -0.39 is 0 Å². The molecule has 5 heteroatoms. The Morgan fingerprint density at radius 1 is 1.61 bits per heavy atom. The van der Waals surface area contributed by atoms with Gasteiger partial charge in [-0.15, -0.1) is 0 Å². The van der Waals surface area contributed by atoms with Crippen LogP contribution in [0.4, 0.5) is 5.69 Å². The second-order valence-corrected chi connectivity index (χ2v) is 5.91. The molecule has 2 heterocycles. The number of halogens is 2. The highest BCUT2D eigenvalue weighted by atomic mass is 79.9. The van der Waals surface area contributed by atoms with Crippen molar-refractivity contribution in [3.63, 3.8) is 0 Å². The first kappa shape index (κ1) is 14.1. The lowest BCUT2D eigenvalue weighted by Gasteiger charge is -2.30. The van der Waals surface area contributed by atoms with Gasteiger partial charge in [-0.05, 0) is 41.3 Å². The maximum absolute atomic E-state index is 6.09. The van der Waals surface area contributed by atoms with E-state index in [9.17, 15) is 0 Å². The number of nitrogens with zero attached hydrogens (tertiary/aromatic N) is 1. The number of rotatable bonds is 4. The van der Waals surface area contributed by atoms with Crippen LogP contribution in [0.3, 0.4) is 0 Å². The molecule has 0 amide bonds. The highest BCUT2D eigenvalue weighted by molar-refractivity contribution is 9.10. The molecule has 100 valence electrons. The molecule has 3 nitrogen and oxygen atoms in total. The van der Waals surface area contributed by atoms with Crippen LogP contribution >= 0.6 is 27.5 Å². The van der Waals surface area contributed by atoms with E-state index in [2.05, 4.69) is 33.2 Å². The molecule has 0 aromatic carbocycles. The first-order valence-corrected chi connectivity index (χ1v) is 7.55. The molecular formula is C13H18BrClN2O. The van der Waals surface area contributed by atoms with Crippen molar-refractivity contribution in [3.05, 3.63) is 21.9 Å². The number of pyridine rings is 1. The second kappa shape index (κ2) is 6.73. The van der Waals surface area contributed by atoms with Crippen molar-refractivity contribution in [2.45, 2.75) is 44.8 Å². The topological polar surface area (TPSA) is 34.2 Å². The fourth-order valence-electron chi connectivity index (χ4n) is 2.28. The summed E-state index contributed by atoms with van der Waals surface area (Å²) in [6.45, 7) is 3.01.